The summed E-state index contributed by atoms with van der Waals surface area (Å²) in [4.78, 5) is 10.9. The number of nitrogens with zero attached hydrogens (tertiary/aromatic N) is 6. The topological polar surface area (TPSA) is 59.7 Å². The molecule has 2 aromatic heterocycles. The fourth-order valence-corrected chi connectivity index (χ4v) is 2.96. The van der Waals surface area contributed by atoms with E-state index in [2.05, 4.69) is 43.5 Å². The third kappa shape index (κ3) is 2.89. The molecule has 6 nitrogen and oxygen atoms in total. The molecule has 3 heterocycles. The number of aromatic nitrogens is 5. The van der Waals surface area contributed by atoms with E-state index in [1.54, 1.807) is 6.33 Å². The van der Waals surface area contributed by atoms with Crippen molar-refractivity contribution in [2.45, 2.75) is 46.2 Å². The number of anilines is 1. The maximum absolute atomic E-state index is 4.43. The third-order valence-electron chi connectivity index (χ3n) is 3.84. The quantitative estimate of drug-likeness (QED) is 0.863. The summed E-state index contributed by atoms with van der Waals surface area (Å²) in [6.45, 7) is 8.39. The first-order valence-corrected chi connectivity index (χ1v) is 7.58. The van der Waals surface area contributed by atoms with Crippen molar-refractivity contribution >= 4 is 5.82 Å². The van der Waals surface area contributed by atoms with Crippen LogP contribution in [0.2, 0.25) is 0 Å². The van der Waals surface area contributed by atoms with Crippen LogP contribution in [0.3, 0.4) is 0 Å². The molecule has 1 aliphatic rings. The highest BCUT2D eigenvalue weighted by Crippen LogP contribution is 2.34. The monoisotopic (exact) mass is 286 g/mol. The number of aryl methyl sites for hydroxylation is 1. The van der Waals surface area contributed by atoms with Gasteiger partial charge in [0.05, 0.1) is 6.04 Å². The van der Waals surface area contributed by atoms with Gasteiger partial charge in [-0.3, -0.25) is 0 Å². The summed E-state index contributed by atoms with van der Waals surface area (Å²) < 4.78 is 2.18. The van der Waals surface area contributed by atoms with Crippen molar-refractivity contribution in [2.24, 2.45) is 5.92 Å². The van der Waals surface area contributed by atoms with Gasteiger partial charge in [-0.2, -0.15) is 0 Å². The zero-order valence-electron chi connectivity index (χ0n) is 12.9. The molecule has 6 heteroatoms. The van der Waals surface area contributed by atoms with Gasteiger partial charge in [-0.1, -0.05) is 13.8 Å². The Morgan fingerprint density at radius 1 is 1.33 bits per heavy atom. The predicted octanol–water partition coefficient (Wildman–Crippen LogP) is 2.37. The molecule has 21 heavy (non-hydrogen) atoms. The summed E-state index contributed by atoms with van der Waals surface area (Å²) in [7, 11) is 0. The molecule has 1 atom stereocenters. The van der Waals surface area contributed by atoms with Gasteiger partial charge in [0.2, 0.25) is 0 Å². The van der Waals surface area contributed by atoms with Crippen molar-refractivity contribution in [1.29, 1.82) is 0 Å². The Labute approximate surface area is 125 Å². The molecule has 0 amide bonds. The lowest BCUT2D eigenvalue weighted by Crippen LogP contribution is -2.26. The second kappa shape index (κ2) is 5.79. The van der Waals surface area contributed by atoms with Gasteiger partial charge in [-0.15, -0.1) is 10.2 Å². The SMILES string of the molecule is Cc1cc(N2CCCC2c2nncn2CC(C)C)ncn1. The summed E-state index contributed by atoms with van der Waals surface area (Å²) in [5.41, 5.74) is 0.995. The van der Waals surface area contributed by atoms with Crippen LogP contribution in [0.25, 0.3) is 0 Å². The van der Waals surface area contributed by atoms with Crippen LogP contribution in [-0.2, 0) is 6.54 Å². The largest absolute Gasteiger partial charge is 0.346 e. The smallest absolute Gasteiger partial charge is 0.155 e. The Balaban J connectivity index is 1.89. The maximum Gasteiger partial charge on any atom is 0.155 e. The molecule has 2 aromatic rings. The highest BCUT2D eigenvalue weighted by atomic mass is 15.3. The van der Waals surface area contributed by atoms with E-state index in [1.807, 2.05) is 19.3 Å². The average molecular weight is 286 g/mol. The zero-order valence-corrected chi connectivity index (χ0v) is 12.9. The fourth-order valence-electron chi connectivity index (χ4n) is 2.96. The van der Waals surface area contributed by atoms with Crippen molar-refractivity contribution in [3.63, 3.8) is 0 Å². The van der Waals surface area contributed by atoms with Crippen LogP contribution >= 0.6 is 0 Å². The molecule has 3 rings (SSSR count). The lowest BCUT2D eigenvalue weighted by atomic mass is 10.2. The molecule has 1 saturated heterocycles. The van der Waals surface area contributed by atoms with Gasteiger partial charge in [0, 0.05) is 24.8 Å². The van der Waals surface area contributed by atoms with Crippen LogP contribution in [0.4, 0.5) is 5.82 Å². The van der Waals surface area contributed by atoms with Crippen molar-refractivity contribution < 1.29 is 0 Å². The van der Waals surface area contributed by atoms with Gasteiger partial charge in [0.1, 0.15) is 18.5 Å². The van der Waals surface area contributed by atoms with Crippen LogP contribution in [0, 0.1) is 12.8 Å². The lowest BCUT2D eigenvalue weighted by molar-refractivity contribution is 0.487. The molecular weight excluding hydrogens is 264 g/mol. The summed E-state index contributed by atoms with van der Waals surface area (Å²) in [5, 5.41) is 8.50. The van der Waals surface area contributed by atoms with E-state index in [0.717, 1.165) is 43.3 Å². The van der Waals surface area contributed by atoms with E-state index >= 15 is 0 Å². The second-order valence-corrected chi connectivity index (χ2v) is 6.10. The molecule has 0 bridgehead atoms. The van der Waals surface area contributed by atoms with Crippen molar-refractivity contribution in [1.82, 2.24) is 24.7 Å². The number of hydrogen-bond donors (Lipinski definition) is 0. The van der Waals surface area contributed by atoms with Gasteiger partial charge in [0.25, 0.3) is 0 Å². The Bertz CT molecular complexity index is 606. The van der Waals surface area contributed by atoms with E-state index in [0.29, 0.717) is 5.92 Å². The van der Waals surface area contributed by atoms with Gasteiger partial charge in [-0.05, 0) is 25.7 Å². The first-order chi connectivity index (χ1) is 10.1. The molecule has 1 fully saturated rings. The maximum atomic E-state index is 4.43. The Morgan fingerprint density at radius 3 is 2.95 bits per heavy atom. The Kier molecular flexibility index (Phi) is 3.86. The van der Waals surface area contributed by atoms with Crippen molar-refractivity contribution in [3.8, 4) is 0 Å². The number of rotatable bonds is 4. The van der Waals surface area contributed by atoms with Gasteiger partial charge in [-0.25, -0.2) is 9.97 Å². The molecule has 0 spiro atoms. The normalized spacial score (nSPS) is 18.7. The zero-order chi connectivity index (χ0) is 14.8. The minimum atomic E-state index is 0.264. The van der Waals surface area contributed by atoms with Crippen LogP contribution in [0.1, 0.15) is 44.2 Å². The van der Waals surface area contributed by atoms with Crippen molar-refractivity contribution in [3.05, 3.63) is 30.2 Å². The molecule has 0 N–H and O–H groups in total. The molecule has 0 saturated carbocycles. The highest BCUT2D eigenvalue weighted by molar-refractivity contribution is 5.42. The van der Waals surface area contributed by atoms with E-state index in [9.17, 15) is 0 Å². The molecule has 112 valence electrons. The molecule has 0 aliphatic carbocycles. The third-order valence-corrected chi connectivity index (χ3v) is 3.84. The van der Waals surface area contributed by atoms with Crippen molar-refractivity contribution in [2.75, 3.05) is 11.4 Å². The fraction of sp³-hybridized carbons (Fsp3) is 0.600. The molecule has 1 aliphatic heterocycles. The Morgan fingerprint density at radius 2 is 2.19 bits per heavy atom. The van der Waals surface area contributed by atoms with Crippen LogP contribution in [0.15, 0.2) is 18.7 Å². The lowest BCUT2D eigenvalue weighted by Gasteiger charge is -2.25. The molecular formula is C15H22N6. The van der Waals surface area contributed by atoms with Gasteiger partial charge >= 0.3 is 0 Å². The first kappa shape index (κ1) is 14.0. The Hall–Kier alpha value is -1.98. The predicted molar refractivity (Wildman–Crippen MR) is 81.0 cm³/mol. The van der Waals surface area contributed by atoms with Crippen LogP contribution in [0.5, 0.6) is 0 Å². The summed E-state index contributed by atoms with van der Waals surface area (Å²) in [6.07, 6.45) is 5.73. The van der Waals surface area contributed by atoms with Crippen LogP contribution in [-0.4, -0.2) is 31.3 Å². The summed E-state index contributed by atoms with van der Waals surface area (Å²) in [6, 6.07) is 2.31. The number of hydrogen-bond acceptors (Lipinski definition) is 5. The first-order valence-electron chi connectivity index (χ1n) is 7.58. The van der Waals surface area contributed by atoms with E-state index in [1.165, 1.54) is 0 Å². The standard InChI is InChI=1S/C15H22N6/c1-11(2)8-20-10-18-19-15(20)13-5-4-6-21(13)14-7-12(3)16-9-17-14/h7,9-11,13H,4-6,8H2,1-3H3. The highest BCUT2D eigenvalue weighted by Gasteiger charge is 2.31. The minimum Gasteiger partial charge on any atom is -0.346 e. The summed E-state index contributed by atoms with van der Waals surface area (Å²) >= 11 is 0. The van der Waals surface area contributed by atoms with Gasteiger partial charge in [0.15, 0.2) is 5.82 Å². The minimum absolute atomic E-state index is 0.264. The van der Waals surface area contributed by atoms with E-state index in [4.69, 9.17) is 0 Å². The average Bonchev–Trinajstić information content (AvgIpc) is 3.06. The molecule has 0 aromatic carbocycles. The second-order valence-electron chi connectivity index (χ2n) is 6.10. The summed E-state index contributed by atoms with van der Waals surface area (Å²) in [5.74, 6) is 2.62. The molecule has 0 radical (unpaired) electrons. The molecule has 1 unspecified atom stereocenters. The van der Waals surface area contributed by atoms with Gasteiger partial charge < -0.3 is 9.47 Å². The van der Waals surface area contributed by atoms with Crippen LogP contribution < -0.4 is 4.90 Å². The van der Waals surface area contributed by atoms with E-state index < -0.39 is 0 Å². The van der Waals surface area contributed by atoms with E-state index in [-0.39, 0.29) is 6.04 Å².